The van der Waals surface area contributed by atoms with Crippen LogP contribution in [0, 0.1) is 13.8 Å². The van der Waals surface area contributed by atoms with E-state index in [2.05, 4.69) is 16.0 Å². The summed E-state index contributed by atoms with van der Waals surface area (Å²) in [6.45, 7) is 4.00. The van der Waals surface area contributed by atoms with Crippen molar-refractivity contribution in [3.05, 3.63) is 59.9 Å². The maximum atomic E-state index is 6.11. The number of nitrogens with two attached hydrogens (primary N) is 1. The molecule has 0 unspecified atom stereocenters. The first kappa shape index (κ1) is 16.6. The Balaban J connectivity index is 1.83. The van der Waals surface area contributed by atoms with Gasteiger partial charge in [-0.2, -0.15) is 9.97 Å². The second-order valence-electron chi connectivity index (χ2n) is 5.60. The molecule has 128 valence electrons. The zero-order valence-electron chi connectivity index (χ0n) is 14.3. The molecule has 0 amide bonds. The van der Waals surface area contributed by atoms with Gasteiger partial charge in [0.2, 0.25) is 11.8 Å². The van der Waals surface area contributed by atoms with Gasteiger partial charge in [-0.15, -0.1) is 0 Å². The lowest BCUT2D eigenvalue weighted by Crippen LogP contribution is -2.00. The van der Waals surface area contributed by atoms with Crippen molar-refractivity contribution in [3.8, 4) is 29.0 Å². The van der Waals surface area contributed by atoms with Crippen LogP contribution >= 0.6 is 0 Å². The lowest BCUT2D eigenvalue weighted by atomic mass is 10.1. The molecule has 3 aromatic rings. The van der Waals surface area contributed by atoms with E-state index in [1.807, 2.05) is 26.0 Å². The van der Waals surface area contributed by atoms with Crippen molar-refractivity contribution in [3.63, 3.8) is 0 Å². The van der Waals surface area contributed by atoms with Crippen LogP contribution in [0.5, 0.6) is 29.0 Å². The third-order valence-electron chi connectivity index (χ3n) is 3.49. The number of aromatic nitrogens is 2. The van der Waals surface area contributed by atoms with E-state index in [0.717, 1.165) is 16.9 Å². The Kier molecular flexibility index (Phi) is 4.70. The van der Waals surface area contributed by atoms with Gasteiger partial charge in [0.25, 0.3) is 0 Å². The van der Waals surface area contributed by atoms with E-state index in [1.165, 1.54) is 6.33 Å². The number of hydrogen-bond donors (Lipinski definition) is 1. The number of ether oxygens (including phenoxy) is 3. The molecule has 2 N–H and O–H groups in total. The van der Waals surface area contributed by atoms with Gasteiger partial charge in [0.15, 0.2) is 5.69 Å². The minimum atomic E-state index is 0.234. The number of nitrogens with zero attached hydrogens (tertiary/aromatic N) is 2. The quantitative estimate of drug-likeness (QED) is 0.749. The van der Waals surface area contributed by atoms with Crippen LogP contribution in [0.1, 0.15) is 11.1 Å². The molecule has 0 radical (unpaired) electrons. The summed E-state index contributed by atoms with van der Waals surface area (Å²) in [6, 6.07) is 13.0. The first-order valence-electron chi connectivity index (χ1n) is 7.73. The Labute approximate surface area is 146 Å². The van der Waals surface area contributed by atoms with E-state index < -0.39 is 0 Å². The molecular weight excluding hydrogens is 318 g/mol. The highest BCUT2D eigenvalue weighted by Crippen LogP contribution is 2.34. The molecule has 0 saturated carbocycles. The molecule has 25 heavy (non-hydrogen) atoms. The maximum Gasteiger partial charge on any atom is 0.249 e. The fourth-order valence-electron chi connectivity index (χ4n) is 2.39. The SMILES string of the molecule is COc1ccc(Oc2ncnc(Oc3cc(C)cc(C)c3)c2N)cc1. The van der Waals surface area contributed by atoms with E-state index in [-0.39, 0.29) is 17.4 Å². The molecule has 6 nitrogen and oxygen atoms in total. The number of benzene rings is 2. The van der Waals surface area contributed by atoms with Gasteiger partial charge in [0.1, 0.15) is 23.6 Å². The van der Waals surface area contributed by atoms with Gasteiger partial charge in [0.05, 0.1) is 7.11 Å². The number of methoxy groups -OCH3 is 1. The molecule has 0 fully saturated rings. The van der Waals surface area contributed by atoms with Crippen molar-refractivity contribution in [2.75, 3.05) is 12.8 Å². The van der Waals surface area contributed by atoms with E-state index in [9.17, 15) is 0 Å². The molecule has 6 heteroatoms. The molecule has 0 saturated heterocycles. The largest absolute Gasteiger partial charge is 0.497 e. The number of anilines is 1. The minimum Gasteiger partial charge on any atom is -0.497 e. The molecular formula is C19H19N3O3. The van der Waals surface area contributed by atoms with E-state index in [0.29, 0.717) is 11.5 Å². The Morgan fingerprint density at radius 3 is 1.84 bits per heavy atom. The van der Waals surface area contributed by atoms with Gasteiger partial charge in [-0.3, -0.25) is 0 Å². The molecule has 1 heterocycles. The van der Waals surface area contributed by atoms with Crippen LogP contribution in [0.2, 0.25) is 0 Å². The third-order valence-corrected chi connectivity index (χ3v) is 3.49. The number of aryl methyl sites for hydroxylation is 2. The average molecular weight is 337 g/mol. The Hall–Kier alpha value is -3.28. The van der Waals surface area contributed by atoms with Crippen LogP contribution in [0.3, 0.4) is 0 Å². The standard InChI is InChI=1S/C19H19N3O3/c1-12-8-13(2)10-16(9-12)25-19-17(20)18(21-11-22-19)24-15-6-4-14(23-3)5-7-15/h4-11H,20H2,1-3H3. The highest BCUT2D eigenvalue weighted by molar-refractivity contribution is 5.58. The van der Waals surface area contributed by atoms with E-state index in [1.54, 1.807) is 31.4 Å². The Bertz CT molecular complexity index is 859. The minimum absolute atomic E-state index is 0.234. The zero-order valence-corrected chi connectivity index (χ0v) is 14.3. The third kappa shape index (κ3) is 3.98. The molecule has 0 atom stereocenters. The first-order chi connectivity index (χ1) is 12.0. The molecule has 0 bridgehead atoms. The summed E-state index contributed by atoms with van der Waals surface area (Å²) in [5.41, 5.74) is 8.53. The summed E-state index contributed by atoms with van der Waals surface area (Å²) >= 11 is 0. The van der Waals surface area contributed by atoms with Gasteiger partial charge >= 0.3 is 0 Å². The van der Waals surface area contributed by atoms with Gasteiger partial charge in [-0.05, 0) is 61.4 Å². The van der Waals surface area contributed by atoms with Crippen LogP contribution in [-0.4, -0.2) is 17.1 Å². The van der Waals surface area contributed by atoms with Crippen LogP contribution in [-0.2, 0) is 0 Å². The zero-order chi connectivity index (χ0) is 17.8. The Morgan fingerprint density at radius 2 is 1.28 bits per heavy atom. The predicted octanol–water partition coefficient (Wildman–Crippen LogP) is 4.27. The van der Waals surface area contributed by atoms with Crippen molar-refractivity contribution in [2.24, 2.45) is 0 Å². The lowest BCUT2D eigenvalue weighted by Gasteiger charge is -2.12. The fraction of sp³-hybridized carbons (Fsp3) is 0.158. The summed E-state index contributed by atoms with van der Waals surface area (Å²) in [7, 11) is 1.61. The predicted molar refractivity (Wildman–Crippen MR) is 95.5 cm³/mol. The molecule has 0 aliphatic carbocycles. The summed E-state index contributed by atoms with van der Waals surface area (Å²) < 4.78 is 16.7. The number of nitrogen functional groups attached to an aromatic ring is 1. The summed E-state index contributed by atoms with van der Waals surface area (Å²) in [5.74, 6) is 2.48. The topological polar surface area (TPSA) is 79.5 Å². The van der Waals surface area contributed by atoms with Crippen LogP contribution in [0.15, 0.2) is 48.8 Å². The van der Waals surface area contributed by atoms with Gasteiger partial charge in [0, 0.05) is 0 Å². The molecule has 3 rings (SSSR count). The van der Waals surface area contributed by atoms with Crippen LogP contribution in [0.25, 0.3) is 0 Å². The van der Waals surface area contributed by atoms with Crippen molar-refractivity contribution >= 4 is 5.69 Å². The maximum absolute atomic E-state index is 6.11. The highest BCUT2D eigenvalue weighted by Gasteiger charge is 2.13. The van der Waals surface area contributed by atoms with Gasteiger partial charge < -0.3 is 19.9 Å². The lowest BCUT2D eigenvalue weighted by molar-refractivity contribution is 0.411. The summed E-state index contributed by atoms with van der Waals surface area (Å²) in [6.07, 6.45) is 1.35. The number of hydrogen-bond acceptors (Lipinski definition) is 6. The van der Waals surface area contributed by atoms with E-state index in [4.69, 9.17) is 19.9 Å². The van der Waals surface area contributed by atoms with Gasteiger partial charge in [-0.25, -0.2) is 0 Å². The molecule has 2 aromatic carbocycles. The van der Waals surface area contributed by atoms with Crippen molar-refractivity contribution in [1.29, 1.82) is 0 Å². The first-order valence-corrected chi connectivity index (χ1v) is 7.73. The summed E-state index contributed by atoms with van der Waals surface area (Å²) in [5, 5.41) is 0. The van der Waals surface area contributed by atoms with E-state index >= 15 is 0 Å². The van der Waals surface area contributed by atoms with Crippen molar-refractivity contribution in [1.82, 2.24) is 9.97 Å². The van der Waals surface area contributed by atoms with Gasteiger partial charge in [-0.1, -0.05) is 6.07 Å². The van der Waals surface area contributed by atoms with Crippen molar-refractivity contribution < 1.29 is 14.2 Å². The Morgan fingerprint density at radius 1 is 0.760 bits per heavy atom. The monoisotopic (exact) mass is 337 g/mol. The molecule has 0 aliphatic rings. The summed E-state index contributed by atoms with van der Waals surface area (Å²) in [4.78, 5) is 8.19. The molecule has 0 spiro atoms. The molecule has 0 aliphatic heterocycles. The number of rotatable bonds is 5. The van der Waals surface area contributed by atoms with Crippen molar-refractivity contribution in [2.45, 2.75) is 13.8 Å². The second kappa shape index (κ2) is 7.09. The van der Waals surface area contributed by atoms with Crippen LogP contribution in [0.4, 0.5) is 5.69 Å². The molecule has 1 aromatic heterocycles. The second-order valence-corrected chi connectivity index (χ2v) is 5.60. The smallest absolute Gasteiger partial charge is 0.249 e. The van der Waals surface area contributed by atoms with Crippen LogP contribution < -0.4 is 19.9 Å². The normalized spacial score (nSPS) is 10.4. The fourth-order valence-corrected chi connectivity index (χ4v) is 2.39. The highest BCUT2D eigenvalue weighted by atomic mass is 16.5. The average Bonchev–Trinajstić information content (AvgIpc) is 2.58.